The summed E-state index contributed by atoms with van der Waals surface area (Å²) in [7, 11) is 0. The van der Waals surface area contributed by atoms with Crippen molar-refractivity contribution in [3.8, 4) is 5.69 Å². The van der Waals surface area contributed by atoms with Gasteiger partial charge in [-0.25, -0.2) is 18.9 Å². The lowest BCUT2D eigenvalue weighted by atomic mass is 10.2. The Hall–Kier alpha value is -1.95. The SMILES string of the molecule is CC(C)c1nc(C(=O)O)nn1-c1cc(Cl)ccc1F. The van der Waals surface area contributed by atoms with Crippen LogP contribution >= 0.6 is 11.6 Å². The zero-order chi connectivity index (χ0) is 14.2. The maximum absolute atomic E-state index is 13.8. The average molecular weight is 284 g/mol. The Labute approximate surface area is 113 Å². The fraction of sp³-hybridized carbons (Fsp3) is 0.250. The van der Waals surface area contributed by atoms with Crippen LogP contribution in [-0.4, -0.2) is 25.8 Å². The van der Waals surface area contributed by atoms with Crippen LogP contribution < -0.4 is 0 Å². The predicted molar refractivity (Wildman–Crippen MR) is 67.4 cm³/mol. The predicted octanol–water partition coefficient (Wildman–Crippen LogP) is 2.88. The molecule has 0 amide bonds. The smallest absolute Gasteiger partial charge is 0.375 e. The van der Waals surface area contributed by atoms with E-state index in [0.29, 0.717) is 10.8 Å². The zero-order valence-corrected chi connectivity index (χ0v) is 11.0. The fourth-order valence-electron chi connectivity index (χ4n) is 1.61. The lowest BCUT2D eigenvalue weighted by Gasteiger charge is -2.09. The lowest BCUT2D eigenvalue weighted by Crippen LogP contribution is -2.07. The number of nitrogens with zero attached hydrogens (tertiary/aromatic N) is 3. The van der Waals surface area contributed by atoms with E-state index in [2.05, 4.69) is 10.1 Å². The summed E-state index contributed by atoms with van der Waals surface area (Å²) in [4.78, 5) is 14.8. The molecule has 0 atom stereocenters. The van der Waals surface area contributed by atoms with E-state index in [1.165, 1.54) is 22.9 Å². The van der Waals surface area contributed by atoms with Crippen molar-refractivity contribution in [1.29, 1.82) is 0 Å². The van der Waals surface area contributed by atoms with Gasteiger partial charge in [-0.15, -0.1) is 5.10 Å². The number of carboxylic acids is 1. The Kier molecular flexibility index (Phi) is 3.53. The molecule has 2 rings (SSSR count). The second-order valence-corrected chi connectivity index (χ2v) is 4.70. The Bertz CT molecular complexity index is 640. The maximum Gasteiger partial charge on any atom is 0.375 e. The van der Waals surface area contributed by atoms with Crippen molar-refractivity contribution in [2.45, 2.75) is 19.8 Å². The minimum Gasteiger partial charge on any atom is -0.475 e. The number of halogens is 2. The van der Waals surface area contributed by atoms with Gasteiger partial charge in [-0.1, -0.05) is 25.4 Å². The molecule has 7 heteroatoms. The van der Waals surface area contributed by atoms with Crippen LogP contribution in [0.3, 0.4) is 0 Å². The molecular weight excluding hydrogens is 273 g/mol. The number of carboxylic acid groups (broad SMARTS) is 1. The Morgan fingerprint density at radius 3 is 2.74 bits per heavy atom. The van der Waals surface area contributed by atoms with Gasteiger partial charge in [0.2, 0.25) is 0 Å². The number of carbonyl (C=O) groups is 1. The molecule has 0 aliphatic rings. The molecule has 0 spiro atoms. The highest BCUT2D eigenvalue weighted by Gasteiger charge is 2.20. The summed E-state index contributed by atoms with van der Waals surface area (Å²) < 4.78 is 15.0. The molecule has 0 saturated heterocycles. The molecule has 2 aromatic rings. The second kappa shape index (κ2) is 4.97. The first kappa shape index (κ1) is 13.5. The highest BCUT2D eigenvalue weighted by Crippen LogP contribution is 2.22. The largest absolute Gasteiger partial charge is 0.475 e. The third-order valence-electron chi connectivity index (χ3n) is 2.48. The summed E-state index contributed by atoms with van der Waals surface area (Å²) in [5, 5.41) is 13.1. The number of benzene rings is 1. The van der Waals surface area contributed by atoms with Crippen LogP contribution in [0.25, 0.3) is 5.69 Å². The van der Waals surface area contributed by atoms with Crippen LogP contribution in [0.15, 0.2) is 18.2 Å². The average Bonchev–Trinajstić information content (AvgIpc) is 2.77. The lowest BCUT2D eigenvalue weighted by molar-refractivity contribution is 0.0683. The van der Waals surface area contributed by atoms with Crippen molar-refractivity contribution in [3.05, 3.63) is 40.7 Å². The van der Waals surface area contributed by atoms with E-state index in [1.54, 1.807) is 0 Å². The molecule has 100 valence electrons. The van der Waals surface area contributed by atoms with E-state index in [1.807, 2.05) is 13.8 Å². The van der Waals surface area contributed by atoms with Crippen molar-refractivity contribution in [2.24, 2.45) is 0 Å². The number of aromatic carboxylic acids is 1. The van der Waals surface area contributed by atoms with E-state index in [0.717, 1.165) is 0 Å². The van der Waals surface area contributed by atoms with Gasteiger partial charge in [0.1, 0.15) is 17.3 Å². The minimum absolute atomic E-state index is 0.0798. The summed E-state index contributed by atoms with van der Waals surface area (Å²) in [5.41, 5.74) is 0.0798. The molecular formula is C12H11ClFN3O2. The zero-order valence-electron chi connectivity index (χ0n) is 10.3. The topological polar surface area (TPSA) is 68.0 Å². The summed E-state index contributed by atoms with van der Waals surface area (Å²) in [6.45, 7) is 3.63. The Balaban J connectivity index is 2.66. The van der Waals surface area contributed by atoms with Gasteiger partial charge in [0, 0.05) is 10.9 Å². The summed E-state index contributed by atoms with van der Waals surface area (Å²) >= 11 is 5.82. The summed E-state index contributed by atoms with van der Waals surface area (Å²) in [6, 6.07) is 3.98. The van der Waals surface area contributed by atoms with Gasteiger partial charge in [-0.2, -0.15) is 0 Å². The normalized spacial score (nSPS) is 11.0. The molecule has 1 aromatic heterocycles. The maximum atomic E-state index is 13.8. The number of rotatable bonds is 3. The van der Waals surface area contributed by atoms with Crippen LogP contribution in [0.4, 0.5) is 4.39 Å². The molecule has 0 radical (unpaired) electrons. The van der Waals surface area contributed by atoms with Crippen molar-refractivity contribution >= 4 is 17.6 Å². The number of hydrogen-bond acceptors (Lipinski definition) is 3. The first-order valence-corrected chi connectivity index (χ1v) is 5.93. The third kappa shape index (κ3) is 2.58. The first-order chi connectivity index (χ1) is 8.90. The molecule has 0 unspecified atom stereocenters. The van der Waals surface area contributed by atoms with Crippen LogP contribution in [0.5, 0.6) is 0 Å². The Morgan fingerprint density at radius 2 is 2.16 bits per heavy atom. The first-order valence-electron chi connectivity index (χ1n) is 5.56. The van der Waals surface area contributed by atoms with Crippen LogP contribution in [0, 0.1) is 5.82 Å². The second-order valence-electron chi connectivity index (χ2n) is 4.26. The monoisotopic (exact) mass is 283 g/mol. The quantitative estimate of drug-likeness (QED) is 0.940. The van der Waals surface area contributed by atoms with Gasteiger partial charge in [-0.05, 0) is 18.2 Å². The number of hydrogen-bond donors (Lipinski definition) is 1. The van der Waals surface area contributed by atoms with Crippen LogP contribution in [0.1, 0.15) is 36.2 Å². The number of aromatic nitrogens is 3. The summed E-state index contributed by atoms with van der Waals surface area (Å²) in [5.74, 6) is -1.93. The van der Waals surface area contributed by atoms with E-state index in [-0.39, 0.29) is 17.4 Å². The van der Waals surface area contributed by atoms with Gasteiger partial charge in [-0.3, -0.25) is 0 Å². The molecule has 0 fully saturated rings. The van der Waals surface area contributed by atoms with Crippen molar-refractivity contribution < 1.29 is 14.3 Å². The molecule has 0 saturated carbocycles. The van der Waals surface area contributed by atoms with Crippen molar-refractivity contribution in [2.75, 3.05) is 0 Å². The van der Waals surface area contributed by atoms with Gasteiger partial charge in [0.05, 0.1) is 0 Å². The van der Waals surface area contributed by atoms with Gasteiger partial charge in [0.15, 0.2) is 0 Å². The highest BCUT2D eigenvalue weighted by molar-refractivity contribution is 6.30. The Morgan fingerprint density at radius 1 is 1.47 bits per heavy atom. The van der Waals surface area contributed by atoms with E-state index >= 15 is 0 Å². The molecule has 1 aromatic carbocycles. The van der Waals surface area contributed by atoms with Gasteiger partial charge < -0.3 is 5.11 Å². The molecule has 1 heterocycles. The van der Waals surface area contributed by atoms with E-state index < -0.39 is 11.8 Å². The van der Waals surface area contributed by atoms with Gasteiger partial charge in [0.25, 0.3) is 5.82 Å². The van der Waals surface area contributed by atoms with Crippen molar-refractivity contribution in [3.63, 3.8) is 0 Å². The molecule has 0 bridgehead atoms. The van der Waals surface area contributed by atoms with Crippen LogP contribution in [-0.2, 0) is 0 Å². The van der Waals surface area contributed by atoms with Gasteiger partial charge >= 0.3 is 5.97 Å². The molecule has 0 aliphatic heterocycles. The highest BCUT2D eigenvalue weighted by atomic mass is 35.5. The van der Waals surface area contributed by atoms with E-state index in [4.69, 9.17) is 16.7 Å². The molecule has 0 aliphatic carbocycles. The fourth-order valence-corrected chi connectivity index (χ4v) is 1.78. The minimum atomic E-state index is -1.26. The van der Waals surface area contributed by atoms with E-state index in [9.17, 15) is 9.18 Å². The van der Waals surface area contributed by atoms with Crippen molar-refractivity contribution in [1.82, 2.24) is 14.8 Å². The third-order valence-corrected chi connectivity index (χ3v) is 2.71. The summed E-state index contributed by atoms with van der Waals surface area (Å²) in [6.07, 6.45) is 0. The molecule has 1 N–H and O–H groups in total. The molecule has 5 nitrogen and oxygen atoms in total. The van der Waals surface area contributed by atoms with Crippen LogP contribution in [0.2, 0.25) is 5.02 Å². The molecule has 19 heavy (non-hydrogen) atoms. The standard InChI is InChI=1S/C12H11ClFN3O2/c1-6(2)11-15-10(12(18)19)16-17(11)9-5-7(13)3-4-8(9)14/h3-6H,1-2H3,(H,18,19).